The third-order valence-corrected chi connectivity index (χ3v) is 3.51. The second kappa shape index (κ2) is 5.96. The molecular formula is C15H15BrN2O2. The number of nitrogen functional groups attached to an aromatic ring is 1. The van der Waals surface area contributed by atoms with E-state index in [0.717, 1.165) is 10.0 Å². The normalized spacial score (nSPS) is 10.2. The molecule has 0 radical (unpaired) electrons. The van der Waals surface area contributed by atoms with E-state index in [1.165, 1.54) is 0 Å². The van der Waals surface area contributed by atoms with Gasteiger partial charge in [0.05, 0.1) is 12.8 Å². The highest BCUT2D eigenvalue weighted by Crippen LogP contribution is 2.29. The predicted molar refractivity (Wildman–Crippen MR) is 84.2 cm³/mol. The summed E-state index contributed by atoms with van der Waals surface area (Å²) in [6, 6.07) is 10.6. The molecule has 0 saturated carbocycles. The molecule has 2 aromatic carbocycles. The molecule has 5 heteroatoms. The molecule has 0 spiro atoms. The fraction of sp³-hybridized carbons (Fsp3) is 0.133. The van der Waals surface area contributed by atoms with Crippen molar-refractivity contribution in [2.45, 2.75) is 6.92 Å². The maximum Gasteiger partial charge on any atom is 0.255 e. The zero-order valence-electron chi connectivity index (χ0n) is 11.2. The summed E-state index contributed by atoms with van der Waals surface area (Å²) < 4.78 is 5.87. The van der Waals surface area contributed by atoms with E-state index >= 15 is 0 Å². The molecule has 0 aromatic heterocycles. The quantitative estimate of drug-likeness (QED) is 0.843. The second-order valence-corrected chi connectivity index (χ2v) is 5.24. The molecule has 0 saturated heterocycles. The molecule has 0 aliphatic heterocycles. The Balaban J connectivity index is 2.28. The van der Waals surface area contributed by atoms with Gasteiger partial charge in [0.2, 0.25) is 0 Å². The van der Waals surface area contributed by atoms with Crippen molar-refractivity contribution < 1.29 is 9.53 Å². The Hall–Kier alpha value is -2.01. The lowest BCUT2D eigenvalue weighted by molar-refractivity contribution is 0.102. The lowest BCUT2D eigenvalue weighted by Gasteiger charge is -2.12. The topological polar surface area (TPSA) is 64.3 Å². The second-order valence-electron chi connectivity index (χ2n) is 4.38. The monoisotopic (exact) mass is 334 g/mol. The van der Waals surface area contributed by atoms with Crippen molar-refractivity contribution in [3.05, 3.63) is 52.0 Å². The van der Waals surface area contributed by atoms with E-state index in [9.17, 15) is 4.79 Å². The van der Waals surface area contributed by atoms with Gasteiger partial charge < -0.3 is 15.8 Å². The van der Waals surface area contributed by atoms with Gasteiger partial charge in [-0.05, 0) is 58.7 Å². The van der Waals surface area contributed by atoms with Crippen molar-refractivity contribution in [1.29, 1.82) is 0 Å². The number of amides is 1. The Kier molecular flexibility index (Phi) is 4.29. The van der Waals surface area contributed by atoms with Crippen LogP contribution in [0.25, 0.3) is 0 Å². The van der Waals surface area contributed by atoms with E-state index in [1.807, 2.05) is 13.0 Å². The van der Waals surface area contributed by atoms with Crippen LogP contribution in [-0.2, 0) is 0 Å². The summed E-state index contributed by atoms with van der Waals surface area (Å²) in [5.74, 6) is 0.447. The summed E-state index contributed by atoms with van der Waals surface area (Å²) >= 11 is 3.41. The minimum Gasteiger partial charge on any atom is -0.497 e. The third-order valence-electron chi connectivity index (χ3n) is 2.88. The van der Waals surface area contributed by atoms with E-state index in [0.29, 0.717) is 22.7 Å². The summed E-state index contributed by atoms with van der Waals surface area (Å²) in [6.07, 6.45) is 0. The number of halogens is 1. The number of carbonyl (C=O) groups is 1. The number of carbonyl (C=O) groups excluding carboxylic acids is 1. The van der Waals surface area contributed by atoms with Gasteiger partial charge in [0.15, 0.2) is 0 Å². The predicted octanol–water partition coefficient (Wildman–Crippen LogP) is 3.60. The minimum absolute atomic E-state index is 0.197. The number of aryl methyl sites for hydroxylation is 1. The van der Waals surface area contributed by atoms with E-state index in [4.69, 9.17) is 10.5 Å². The van der Waals surface area contributed by atoms with Crippen molar-refractivity contribution in [3.8, 4) is 5.75 Å². The van der Waals surface area contributed by atoms with Crippen LogP contribution in [0.1, 0.15) is 15.9 Å². The van der Waals surface area contributed by atoms with Crippen molar-refractivity contribution in [2.75, 3.05) is 18.2 Å². The number of rotatable bonds is 3. The van der Waals surface area contributed by atoms with E-state index < -0.39 is 0 Å². The van der Waals surface area contributed by atoms with Gasteiger partial charge in [-0.25, -0.2) is 0 Å². The standard InChI is InChI=1S/C15H15BrN2O2/c1-9-6-11(17)8-13(16)14(9)18-15(19)10-4-3-5-12(7-10)20-2/h3-8H,17H2,1-2H3,(H,18,19). The number of ether oxygens (including phenoxy) is 1. The summed E-state index contributed by atoms with van der Waals surface area (Å²) in [7, 11) is 1.57. The molecule has 1 amide bonds. The first-order valence-corrected chi connectivity index (χ1v) is 6.81. The van der Waals surface area contributed by atoms with E-state index in [1.54, 1.807) is 37.4 Å². The Morgan fingerprint density at radius 2 is 2.05 bits per heavy atom. The first kappa shape index (κ1) is 14.4. The fourth-order valence-corrected chi connectivity index (χ4v) is 2.56. The van der Waals surface area contributed by atoms with Crippen LogP contribution >= 0.6 is 15.9 Å². The number of hydrogen-bond acceptors (Lipinski definition) is 3. The molecule has 0 atom stereocenters. The van der Waals surface area contributed by atoms with Crippen LogP contribution in [0.2, 0.25) is 0 Å². The SMILES string of the molecule is COc1cccc(C(=O)Nc2c(C)cc(N)cc2Br)c1. The molecule has 0 bridgehead atoms. The molecule has 2 rings (SSSR count). The number of hydrogen-bond donors (Lipinski definition) is 2. The van der Waals surface area contributed by atoms with E-state index in [-0.39, 0.29) is 5.91 Å². The van der Waals surface area contributed by atoms with Gasteiger partial charge in [0, 0.05) is 15.7 Å². The maximum absolute atomic E-state index is 12.3. The lowest BCUT2D eigenvalue weighted by Crippen LogP contribution is -2.13. The number of methoxy groups -OCH3 is 1. The van der Waals surface area contributed by atoms with Gasteiger partial charge in [-0.1, -0.05) is 6.07 Å². The molecule has 2 aromatic rings. The molecule has 20 heavy (non-hydrogen) atoms. The molecule has 0 heterocycles. The molecule has 104 valence electrons. The number of nitrogens with one attached hydrogen (secondary N) is 1. The summed E-state index contributed by atoms with van der Waals surface area (Å²) in [5, 5.41) is 2.88. The largest absolute Gasteiger partial charge is 0.497 e. The average Bonchev–Trinajstić information content (AvgIpc) is 2.42. The van der Waals surface area contributed by atoms with Crippen LogP contribution in [0.15, 0.2) is 40.9 Å². The minimum atomic E-state index is -0.197. The van der Waals surface area contributed by atoms with Crippen LogP contribution in [0, 0.1) is 6.92 Å². The van der Waals surface area contributed by atoms with Gasteiger partial charge >= 0.3 is 0 Å². The van der Waals surface area contributed by atoms with Crippen LogP contribution in [0.4, 0.5) is 11.4 Å². The molecule has 0 aliphatic carbocycles. The van der Waals surface area contributed by atoms with Crippen LogP contribution in [-0.4, -0.2) is 13.0 Å². The van der Waals surface area contributed by atoms with Crippen LogP contribution < -0.4 is 15.8 Å². The highest BCUT2D eigenvalue weighted by Gasteiger charge is 2.11. The maximum atomic E-state index is 12.3. The Morgan fingerprint density at radius 3 is 2.70 bits per heavy atom. The molecule has 4 nitrogen and oxygen atoms in total. The van der Waals surface area contributed by atoms with Crippen molar-refractivity contribution >= 4 is 33.2 Å². The zero-order chi connectivity index (χ0) is 14.7. The van der Waals surface area contributed by atoms with Gasteiger partial charge in [-0.3, -0.25) is 4.79 Å². The van der Waals surface area contributed by atoms with Gasteiger partial charge in [0.1, 0.15) is 5.75 Å². The number of benzene rings is 2. The number of anilines is 2. The summed E-state index contributed by atoms with van der Waals surface area (Å²) in [5.41, 5.74) is 8.54. The van der Waals surface area contributed by atoms with Gasteiger partial charge in [-0.2, -0.15) is 0 Å². The third kappa shape index (κ3) is 3.11. The Bertz CT molecular complexity index is 633. The highest BCUT2D eigenvalue weighted by atomic mass is 79.9. The highest BCUT2D eigenvalue weighted by molar-refractivity contribution is 9.10. The van der Waals surface area contributed by atoms with Crippen molar-refractivity contribution in [2.24, 2.45) is 0 Å². The Morgan fingerprint density at radius 1 is 1.30 bits per heavy atom. The molecule has 0 aliphatic rings. The van der Waals surface area contributed by atoms with Crippen molar-refractivity contribution in [3.63, 3.8) is 0 Å². The number of nitrogens with two attached hydrogens (primary N) is 1. The van der Waals surface area contributed by atoms with Gasteiger partial charge in [-0.15, -0.1) is 0 Å². The van der Waals surface area contributed by atoms with Crippen molar-refractivity contribution in [1.82, 2.24) is 0 Å². The lowest BCUT2D eigenvalue weighted by atomic mass is 10.1. The van der Waals surface area contributed by atoms with Gasteiger partial charge in [0.25, 0.3) is 5.91 Å². The van der Waals surface area contributed by atoms with Crippen LogP contribution in [0.3, 0.4) is 0 Å². The fourth-order valence-electron chi connectivity index (χ4n) is 1.88. The van der Waals surface area contributed by atoms with Crippen LogP contribution in [0.5, 0.6) is 5.75 Å². The average molecular weight is 335 g/mol. The molecular weight excluding hydrogens is 320 g/mol. The summed E-state index contributed by atoms with van der Waals surface area (Å²) in [6.45, 7) is 1.89. The smallest absolute Gasteiger partial charge is 0.255 e. The van der Waals surface area contributed by atoms with E-state index in [2.05, 4.69) is 21.2 Å². The zero-order valence-corrected chi connectivity index (χ0v) is 12.8. The molecule has 3 N–H and O–H groups in total. The first-order valence-electron chi connectivity index (χ1n) is 6.02. The summed E-state index contributed by atoms with van der Waals surface area (Å²) in [4.78, 5) is 12.3. The first-order chi connectivity index (χ1) is 9.51. The molecule has 0 fully saturated rings. The Labute approximate surface area is 126 Å². The molecule has 0 unspecified atom stereocenters.